The van der Waals surface area contributed by atoms with Crippen molar-refractivity contribution in [1.29, 1.82) is 0 Å². The Labute approximate surface area is 111 Å². The van der Waals surface area contributed by atoms with Crippen molar-refractivity contribution in [2.45, 2.75) is 4.90 Å². The second-order valence-electron chi connectivity index (χ2n) is 3.70. The number of sulfonamides is 1. The molecule has 1 aliphatic rings. The Morgan fingerprint density at radius 2 is 1.65 bits per heavy atom. The van der Waals surface area contributed by atoms with Crippen molar-refractivity contribution in [2.24, 2.45) is 0 Å². The number of halogens is 2. The van der Waals surface area contributed by atoms with Gasteiger partial charge in [-0.2, -0.15) is 4.31 Å². The average Bonchev–Trinajstić information content (AvgIpc) is 2.29. The summed E-state index contributed by atoms with van der Waals surface area (Å²) in [4.78, 5) is 0.00485. The van der Waals surface area contributed by atoms with E-state index in [1.165, 1.54) is 16.4 Å². The molecule has 1 N–H and O–H groups in total. The van der Waals surface area contributed by atoms with Gasteiger partial charge in [0.25, 0.3) is 0 Å². The Bertz CT molecular complexity index is 493. The molecule has 1 aromatic carbocycles. The summed E-state index contributed by atoms with van der Waals surface area (Å²) in [7, 11) is -3.59. The average molecular weight is 295 g/mol. The summed E-state index contributed by atoms with van der Waals surface area (Å²) >= 11 is 11.9. The van der Waals surface area contributed by atoms with E-state index in [1.54, 1.807) is 6.07 Å². The fraction of sp³-hybridized carbons (Fsp3) is 0.400. The topological polar surface area (TPSA) is 49.4 Å². The monoisotopic (exact) mass is 294 g/mol. The van der Waals surface area contributed by atoms with Crippen LogP contribution in [0.4, 0.5) is 0 Å². The van der Waals surface area contributed by atoms with Crippen LogP contribution < -0.4 is 5.32 Å². The lowest BCUT2D eigenvalue weighted by Gasteiger charge is -2.27. The van der Waals surface area contributed by atoms with Gasteiger partial charge in [-0.1, -0.05) is 29.3 Å². The van der Waals surface area contributed by atoms with Crippen molar-refractivity contribution in [3.8, 4) is 0 Å². The summed E-state index contributed by atoms with van der Waals surface area (Å²) in [5.74, 6) is 0. The van der Waals surface area contributed by atoms with Crippen molar-refractivity contribution in [1.82, 2.24) is 9.62 Å². The summed E-state index contributed by atoms with van der Waals surface area (Å²) in [6, 6.07) is 4.69. The second-order valence-corrected chi connectivity index (χ2v) is 6.39. The molecule has 94 valence electrons. The molecule has 0 unspecified atom stereocenters. The Kier molecular flexibility index (Phi) is 3.95. The summed E-state index contributed by atoms with van der Waals surface area (Å²) in [5.41, 5.74) is 0. The third kappa shape index (κ3) is 2.58. The molecule has 2 rings (SSSR count). The van der Waals surface area contributed by atoms with Gasteiger partial charge in [0, 0.05) is 26.2 Å². The van der Waals surface area contributed by atoms with E-state index in [4.69, 9.17) is 23.2 Å². The lowest BCUT2D eigenvalue weighted by molar-refractivity contribution is 0.360. The third-order valence-electron chi connectivity index (χ3n) is 2.59. The molecule has 1 fully saturated rings. The zero-order chi connectivity index (χ0) is 12.5. The number of benzene rings is 1. The minimum atomic E-state index is -3.59. The first-order valence-electron chi connectivity index (χ1n) is 5.18. The summed E-state index contributed by atoms with van der Waals surface area (Å²) in [6.45, 7) is 2.15. The number of hydrogen-bond acceptors (Lipinski definition) is 3. The molecule has 0 aromatic heterocycles. The van der Waals surface area contributed by atoms with Gasteiger partial charge in [-0.05, 0) is 12.1 Å². The lowest BCUT2D eigenvalue weighted by Crippen LogP contribution is -2.46. The van der Waals surface area contributed by atoms with Crippen molar-refractivity contribution in [3.63, 3.8) is 0 Å². The van der Waals surface area contributed by atoms with Crippen LogP contribution in [0.5, 0.6) is 0 Å². The maximum absolute atomic E-state index is 12.4. The lowest BCUT2D eigenvalue weighted by atomic mass is 10.4. The van der Waals surface area contributed by atoms with Crippen LogP contribution >= 0.6 is 23.2 Å². The highest BCUT2D eigenvalue weighted by Crippen LogP contribution is 2.31. The molecule has 0 radical (unpaired) electrons. The molecule has 4 nitrogen and oxygen atoms in total. The van der Waals surface area contributed by atoms with Crippen LogP contribution in [0.2, 0.25) is 10.0 Å². The normalized spacial score (nSPS) is 18.2. The van der Waals surface area contributed by atoms with Crippen LogP contribution in [0.3, 0.4) is 0 Å². The molecule has 0 spiro atoms. The first-order chi connectivity index (χ1) is 8.03. The molecule has 0 aliphatic carbocycles. The maximum Gasteiger partial charge on any atom is 0.246 e. The predicted octanol–water partition coefficient (Wildman–Crippen LogP) is 1.59. The second kappa shape index (κ2) is 5.12. The van der Waals surface area contributed by atoms with Gasteiger partial charge in [0.2, 0.25) is 10.0 Å². The van der Waals surface area contributed by atoms with E-state index in [1.807, 2.05) is 0 Å². The summed E-state index contributed by atoms with van der Waals surface area (Å²) in [5, 5.41) is 3.42. The van der Waals surface area contributed by atoms with Crippen molar-refractivity contribution in [3.05, 3.63) is 28.2 Å². The molecule has 0 atom stereocenters. The van der Waals surface area contributed by atoms with E-state index in [-0.39, 0.29) is 14.9 Å². The number of piperazine rings is 1. The van der Waals surface area contributed by atoms with Crippen LogP contribution in [-0.2, 0) is 10.0 Å². The molecule has 1 heterocycles. The largest absolute Gasteiger partial charge is 0.314 e. The number of hydrogen-bond donors (Lipinski definition) is 1. The molecular weight excluding hydrogens is 283 g/mol. The van der Waals surface area contributed by atoms with Gasteiger partial charge < -0.3 is 5.32 Å². The number of nitrogens with zero attached hydrogens (tertiary/aromatic N) is 1. The Hall–Kier alpha value is -0.330. The zero-order valence-corrected chi connectivity index (χ0v) is 11.3. The van der Waals surface area contributed by atoms with Crippen molar-refractivity contribution < 1.29 is 8.42 Å². The molecule has 1 aromatic rings. The first-order valence-corrected chi connectivity index (χ1v) is 7.38. The molecule has 1 saturated heterocycles. The fourth-order valence-electron chi connectivity index (χ4n) is 1.74. The van der Waals surface area contributed by atoms with Gasteiger partial charge in [-0.3, -0.25) is 0 Å². The SMILES string of the molecule is O=S(=O)(c1c(Cl)cccc1Cl)N1CCNCC1. The van der Waals surface area contributed by atoms with E-state index in [2.05, 4.69) is 5.32 Å². The Morgan fingerprint density at radius 3 is 2.18 bits per heavy atom. The van der Waals surface area contributed by atoms with Crippen molar-refractivity contribution in [2.75, 3.05) is 26.2 Å². The summed E-state index contributed by atoms with van der Waals surface area (Å²) in [6.07, 6.45) is 0. The summed E-state index contributed by atoms with van der Waals surface area (Å²) < 4.78 is 26.1. The predicted molar refractivity (Wildman–Crippen MR) is 68.1 cm³/mol. The van der Waals surface area contributed by atoms with E-state index < -0.39 is 10.0 Å². The number of rotatable bonds is 2. The van der Waals surface area contributed by atoms with Gasteiger partial charge >= 0.3 is 0 Å². The highest BCUT2D eigenvalue weighted by Gasteiger charge is 2.29. The van der Waals surface area contributed by atoms with Crippen LogP contribution in [-0.4, -0.2) is 38.9 Å². The molecule has 7 heteroatoms. The van der Waals surface area contributed by atoms with Gasteiger partial charge in [-0.25, -0.2) is 8.42 Å². The van der Waals surface area contributed by atoms with Crippen molar-refractivity contribution >= 4 is 33.2 Å². The van der Waals surface area contributed by atoms with E-state index in [9.17, 15) is 8.42 Å². The van der Waals surface area contributed by atoms with Gasteiger partial charge in [-0.15, -0.1) is 0 Å². The third-order valence-corrected chi connectivity index (χ3v) is 5.45. The van der Waals surface area contributed by atoms with Crippen LogP contribution in [0, 0.1) is 0 Å². The zero-order valence-electron chi connectivity index (χ0n) is 8.99. The smallest absolute Gasteiger partial charge is 0.246 e. The Morgan fingerprint density at radius 1 is 1.12 bits per heavy atom. The highest BCUT2D eigenvalue weighted by atomic mass is 35.5. The van der Waals surface area contributed by atoms with E-state index >= 15 is 0 Å². The fourth-order valence-corrected chi connectivity index (χ4v) is 4.28. The van der Waals surface area contributed by atoms with Crippen LogP contribution in [0.15, 0.2) is 23.1 Å². The standard InChI is InChI=1S/C10H12Cl2N2O2S/c11-8-2-1-3-9(12)10(8)17(15,16)14-6-4-13-5-7-14/h1-3,13H,4-7H2. The quantitative estimate of drug-likeness (QED) is 0.901. The van der Waals surface area contributed by atoms with Gasteiger partial charge in [0.15, 0.2) is 0 Å². The molecule has 1 aliphatic heterocycles. The molecule has 17 heavy (non-hydrogen) atoms. The molecule has 0 bridgehead atoms. The minimum absolute atomic E-state index is 0.00485. The van der Waals surface area contributed by atoms with E-state index in [0.29, 0.717) is 26.2 Å². The van der Waals surface area contributed by atoms with Gasteiger partial charge in [0.1, 0.15) is 4.90 Å². The number of nitrogens with one attached hydrogen (secondary N) is 1. The molecule has 0 saturated carbocycles. The molecule has 0 amide bonds. The highest BCUT2D eigenvalue weighted by molar-refractivity contribution is 7.89. The van der Waals surface area contributed by atoms with E-state index in [0.717, 1.165) is 0 Å². The minimum Gasteiger partial charge on any atom is -0.314 e. The first kappa shape index (κ1) is 13.1. The molecular formula is C10H12Cl2N2O2S. The van der Waals surface area contributed by atoms with Gasteiger partial charge in [0.05, 0.1) is 10.0 Å². The maximum atomic E-state index is 12.4. The van der Waals surface area contributed by atoms with Crippen LogP contribution in [0.25, 0.3) is 0 Å². The Balaban J connectivity index is 2.44. The van der Waals surface area contributed by atoms with Crippen LogP contribution in [0.1, 0.15) is 0 Å².